The van der Waals surface area contributed by atoms with E-state index in [-0.39, 0.29) is 17.4 Å². The van der Waals surface area contributed by atoms with Crippen LogP contribution in [0.3, 0.4) is 0 Å². The van der Waals surface area contributed by atoms with Crippen LogP contribution in [-0.2, 0) is 14.8 Å². The van der Waals surface area contributed by atoms with Gasteiger partial charge in [0, 0.05) is 23.6 Å². The van der Waals surface area contributed by atoms with Gasteiger partial charge in [0.1, 0.15) is 4.33 Å². The van der Waals surface area contributed by atoms with Gasteiger partial charge in [-0.1, -0.05) is 30.3 Å². The molecule has 2 aromatic carbocycles. The smallest absolute Gasteiger partial charge is 0.243 e. The van der Waals surface area contributed by atoms with Crippen LogP contribution in [0.15, 0.2) is 64.4 Å². The van der Waals surface area contributed by atoms with E-state index < -0.39 is 20.3 Å². The number of hydrogen-bond donors (Lipinski definition) is 1. The van der Waals surface area contributed by atoms with Crippen molar-refractivity contribution < 1.29 is 13.2 Å². The molecule has 3 rings (SSSR count). The van der Waals surface area contributed by atoms with Gasteiger partial charge >= 0.3 is 0 Å². The number of likely N-dealkylation sites (N-methyl/N-ethyl adjacent to an activating group) is 1. The first-order valence-corrected chi connectivity index (χ1v) is 11.8. The fraction of sp³-hybridized carbons (Fsp3) is 0.316. The minimum atomic E-state index is -3.72. The Morgan fingerprint density at radius 2 is 1.79 bits per heavy atom. The van der Waals surface area contributed by atoms with E-state index in [2.05, 4.69) is 5.32 Å². The molecule has 1 fully saturated rings. The van der Waals surface area contributed by atoms with Gasteiger partial charge in [-0.3, -0.25) is 4.79 Å². The Balaban J connectivity index is 1.62. The number of carbonyl (C=O) groups is 1. The Morgan fingerprint density at radius 3 is 2.43 bits per heavy atom. The lowest BCUT2D eigenvalue weighted by Crippen LogP contribution is -2.35. The summed E-state index contributed by atoms with van der Waals surface area (Å²) in [5.74, 6) is 0.569. The van der Waals surface area contributed by atoms with Crippen molar-refractivity contribution in [1.82, 2.24) is 4.31 Å². The highest BCUT2D eigenvalue weighted by molar-refractivity contribution is 7.99. The van der Waals surface area contributed by atoms with Crippen molar-refractivity contribution in [2.75, 3.05) is 24.7 Å². The van der Waals surface area contributed by atoms with Crippen molar-refractivity contribution in [3.63, 3.8) is 0 Å². The third kappa shape index (κ3) is 5.21. The number of amides is 1. The highest BCUT2D eigenvalue weighted by Crippen LogP contribution is 2.55. The van der Waals surface area contributed by atoms with Gasteiger partial charge in [0.15, 0.2) is 0 Å². The van der Waals surface area contributed by atoms with Gasteiger partial charge in [-0.2, -0.15) is 4.31 Å². The van der Waals surface area contributed by atoms with Crippen LogP contribution >= 0.6 is 35.0 Å². The maximum Gasteiger partial charge on any atom is 0.243 e. The number of rotatable bonds is 8. The zero-order valence-corrected chi connectivity index (χ0v) is 18.3. The van der Waals surface area contributed by atoms with E-state index in [1.807, 2.05) is 18.2 Å². The van der Waals surface area contributed by atoms with Crippen molar-refractivity contribution in [1.29, 1.82) is 0 Å². The van der Waals surface area contributed by atoms with Crippen LogP contribution in [0, 0.1) is 5.92 Å². The van der Waals surface area contributed by atoms with Crippen molar-refractivity contribution in [2.24, 2.45) is 5.92 Å². The molecule has 0 aromatic heterocycles. The molecule has 1 N–H and O–H groups in total. The summed E-state index contributed by atoms with van der Waals surface area (Å²) in [5, 5.41) is 2.80. The van der Waals surface area contributed by atoms with E-state index in [0.717, 1.165) is 21.4 Å². The number of halogens is 2. The molecule has 150 valence electrons. The maximum absolute atomic E-state index is 12.5. The monoisotopic (exact) mass is 458 g/mol. The number of nitrogens with zero attached hydrogens (tertiary/aromatic N) is 1. The molecule has 5 nitrogen and oxygen atoms in total. The van der Waals surface area contributed by atoms with Crippen LogP contribution in [0.4, 0.5) is 5.69 Å². The summed E-state index contributed by atoms with van der Waals surface area (Å²) in [5.41, 5.74) is 0.637. The van der Waals surface area contributed by atoms with E-state index in [4.69, 9.17) is 23.2 Å². The molecule has 0 aliphatic heterocycles. The van der Waals surface area contributed by atoms with Crippen molar-refractivity contribution >= 4 is 56.6 Å². The highest BCUT2D eigenvalue weighted by Gasteiger charge is 2.51. The quantitative estimate of drug-likeness (QED) is 0.474. The number of anilines is 1. The van der Waals surface area contributed by atoms with Gasteiger partial charge in [-0.25, -0.2) is 8.42 Å². The van der Waals surface area contributed by atoms with E-state index in [1.54, 1.807) is 36.0 Å². The molecule has 9 heteroatoms. The molecule has 0 heterocycles. The molecule has 1 aliphatic rings. The predicted molar refractivity (Wildman–Crippen MR) is 115 cm³/mol. The number of hydrogen-bond acceptors (Lipinski definition) is 4. The Hall–Kier alpha value is -1.25. The molecular formula is C19H20Cl2N2O3S2. The lowest BCUT2D eigenvalue weighted by Gasteiger charge is -2.17. The van der Waals surface area contributed by atoms with Crippen molar-refractivity contribution in [2.45, 2.75) is 20.5 Å². The summed E-state index contributed by atoms with van der Waals surface area (Å²) < 4.78 is 25.5. The second kappa shape index (κ2) is 8.63. The summed E-state index contributed by atoms with van der Waals surface area (Å²) in [6.07, 6.45) is 0.764. The first-order valence-electron chi connectivity index (χ1n) is 8.61. The summed E-state index contributed by atoms with van der Waals surface area (Å²) in [7, 11) is -2.34. The molecular weight excluding hydrogens is 439 g/mol. The molecule has 1 saturated carbocycles. The van der Waals surface area contributed by atoms with Gasteiger partial charge in [-0.15, -0.1) is 35.0 Å². The third-order valence-corrected chi connectivity index (χ3v) is 8.35. The lowest BCUT2D eigenvalue weighted by molar-refractivity contribution is -0.116. The molecule has 28 heavy (non-hydrogen) atoms. The Morgan fingerprint density at radius 1 is 1.18 bits per heavy atom. The van der Waals surface area contributed by atoms with Crippen LogP contribution in [-0.4, -0.2) is 42.3 Å². The molecule has 1 unspecified atom stereocenters. The molecule has 2 aromatic rings. The standard InChI is InChI=1S/C19H20Cl2N2O3S2/c1-23(28(25,26)15-7-3-2-4-8-15)12-18(24)22-16-9-5-6-10-17(16)27-13-14-11-19(14,20)21/h2-10,14H,11-13H2,1H3,(H,22,24). The molecule has 0 bridgehead atoms. The third-order valence-electron chi connectivity index (χ3n) is 4.37. The fourth-order valence-corrected chi connectivity index (χ4v) is 5.68. The number of sulfonamides is 1. The maximum atomic E-state index is 12.5. The molecule has 0 spiro atoms. The van der Waals surface area contributed by atoms with Gasteiger partial charge in [-0.05, 0) is 30.7 Å². The Labute approximate surface area is 179 Å². The molecule has 0 radical (unpaired) electrons. The first-order chi connectivity index (χ1) is 13.2. The second-order valence-corrected chi connectivity index (χ2v) is 11.2. The number of thioether (sulfide) groups is 1. The molecule has 0 saturated heterocycles. The van der Waals surface area contributed by atoms with Crippen LogP contribution in [0.2, 0.25) is 0 Å². The minimum Gasteiger partial charge on any atom is -0.324 e. The summed E-state index contributed by atoms with van der Waals surface area (Å²) in [6.45, 7) is -0.286. The lowest BCUT2D eigenvalue weighted by atomic mass is 10.3. The molecule has 1 amide bonds. The average molecular weight is 459 g/mol. The number of nitrogens with one attached hydrogen (secondary N) is 1. The largest absolute Gasteiger partial charge is 0.324 e. The number of carbonyl (C=O) groups excluding carboxylic acids is 1. The molecule has 1 atom stereocenters. The van der Waals surface area contributed by atoms with Crippen LogP contribution < -0.4 is 5.32 Å². The van der Waals surface area contributed by atoms with Crippen LogP contribution in [0.1, 0.15) is 6.42 Å². The molecule has 1 aliphatic carbocycles. The van der Waals surface area contributed by atoms with Crippen LogP contribution in [0.5, 0.6) is 0 Å². The van der Waals surface area contributed by atoms with E-state index in [0.29, 0.717) is 5.69 Å². The van der Waals surface area contributed by atoms with E-state index >= 15 is 0 Å². The van der Waals surface area contributed by atoms with Gasteiger partial charge < -0.3 is 5.32 Å². The topological polar surface area (TPSA) is 66.5 Å². The average Bonchev–Trinajstić information content (AvgIpc) is 3.28. The highest BCUT2D eigenvalue weighted by atomic mass is 35.5. The Kier molecular flexibility index (Phi) is 6.61. The number of benzene rings is 2. The predicted octanol–water partition coefficient (Wildman–Crippen LogP) is 4.23. The van der Waals surface area contributed by atoms with Crippen LogP contribution in [0.25, 0.3) is 0 Å². The minimum absolute atomic E-state index is 0.149. The SMILES string of the molecule is CN(CC(=O)Nc1ccccc1SCC1CC1(Cl)Cl)S(=O)(=O)c1ccccc1. The van der Waals surface area contributed by atoms with Gasteiger partial charge in [0.2, 0.25) is 15.9 Å². The number of para-hydroxylation sites is 1. The fourth-order valence-electron chi connectivity index (χ4n) is 2.59. The zero-order valence-electron chi connectivity index (χ0n) is 15.1. The zero-order chi connectivity index (χ0) is 20.4. The Bertz CT molecular complexity index is 953. The van der Waals surface area contributed by atoms with Crippen molar-refractivity contribution in [3.05, 3.63) is 54.6 Å². The van der Waals surface area contributed by atoms with Gasteiger partial charge in [0.25, 0.3) is 0 Å². The number of alkyl halides is 2. The van der Waals surface area contributed by atoms with Gasteiger partial charge in [0.05, 0.1) is 17.1 Å². The van der Waals surface area contributed by atoms with E-state index in [1.165, 1.54) is 19.2 Å². The first kappa shape index (κ1) is 21.5. The normalized spacial score (nSPS) is 18.1. The second-order valence-electron chi connectivity index (χ2n) is 6.59. The summed E-state index contributed by atoms with van der Waals surface area (Å²) >= 11 is 13.7. The summed E-state index contributed by atoms with van der Waals surface area (Å²) in [6, 6.07) is 15.4. The summed E-state index contributed by atoms with van der Waals surface area (Å²) in [4.78, 5) is 13.5. The van der Waals surface area contributed by atoms with Crippen molar-refractivity contribution in [3.8, 4) is 0 Å². The van der Waals surface area contributed by atoms with E-state index in [9.17, 15) is 13.2 Å².